The Bertz CT molecular complexity index is 981. The van der Waals surface area contributed by atoms with E-state index in [4.69, 9.17) is 4.74 Å². The van der Waals surface area contributed by atoms with Crippen LogP contribution in [0, 0.1) is 0 Å². The molecule has 0 aromatic rings. The van der Waals surface area contributed by atoms with Crippen molar-refractivity contribution in [1.82, 2.24) is 5.32 Å². The number of carbonyl (C=O) groups excluding carboxylic acids is 2. The van der Waals surface area contributed by atoms with E-state index in [1.807, 2.05) is 0 Å². The summed E-state index contributed by atoms with van der Waals surface area (Å²) in [7, 11) is 0. The Morgan fingerprint density at radius 3 is 1.15 bits per heavy atom. The predicted molar refractivity (Wildman–Crippen MR) is 269 cm³/mol. The molecule has 6 heteroatoms. The van der Waals surface area contributed by atoms with Crippen LogP contribution in [0.15, 0.2) is 24.3 Å². The second-order valence-corrected chi connectivity index (χ2v) is 19.0. The van der Waals surface area contributed by atoms with Gasteiger partial charge in [-0.15, -0.1) is 0 Å². The highest BCUT2D eigenvalue weighted by Crippen LogP contribution is 2.18. The smallest absolute Gasteiger partial charge is 0.306 e. The van der Waals surface area contributed by atoms with Crippen LogP contribution in [0.2, 0.25) is 0 Å². The summed E-state index contributed by atoms with van der Waals surface area (Å²) in [5.41, 5.74) is 0. The normalized spacial score (nSPS) is 13.3. The molecule has 0 radical (unpaired) electrons. The number of hydrogen-bond donors (Lipinski definition) is 3. The number of unbranched alkanes of at least 4 members (excludes halogenated alkanes) is 34. The third-order valence-electron chi connectivity index (χ3n) is 12.8. The van der Waals surface area contributed by atoms with Gasteiger partial charge in [0.05, 0.1) is 25.2 Å². The van der Waals surface area contributed by atoms with Gasteiger partial charge in [-0.05, 0) is 77.0 Å². The molecular formula is C56H107NO5. The predicted octanol–water partition coefficient (Wildman–Crippen LogP) is 16.7. The number of nitrogens with one attached hydrogen (secondary N) is 1. The minimum Gasteiger partial charge on any atom is -0.462 e. The van der Waals surface area contributed by atoms with Crippen LogP contribution in [-0.2, 0) is 14.3 Å². The molecule has 0 fully saturated rings. The van der Waals surface area contributed by atoms with Gasteiger partial charge in [-0.2, -0.15) is 0 Å². The summed E-state index contributed by atoms with van der Waals surface area (Å²) < 4.78 is 5.95. The molecule has 0 rings (SSSR count). The lowest BCUT2D eigenvalue weighted by Crippen LogP contribution is -2.46. The SMILES string of the molecule is CCCCCCCC/C=C/CCCCCCCC(CC(=O)NC(CO)C(O)CCCCCCCCCCCCCC)OC(=O)CCCCCCC/C=C/CCCCCCCCC. The van der Waals surface area contributed by atoms with Crippen molar-refractivity contribution < 1.29 is 24.5 Å². The first-order valence-corrected chi connectivity index (χ1v) is 27.6. The third-order valence-corrected chi connectivity index (χ3v) is 12.8. The lowest BCUT2D eigenvalue weighted by Gasteiger charge is -2.24. The van der Waals surface area contributed by atoms with Gasteiger partial charge in [0.15, 0.2) is 0 Å². The van der Waals surface area contributed by atoms with Crippen LogP contribution in [-0.4, -0.2) is 46.9 Å². The molecule has 0 aromatic carbocycles. The average molecular weight is 874 g/mol. The lowest BCUT2D eigenvalue weighted by molar-refractivity contribution is -0.151. The highest BCUT2D eigenvalue weighted by molar-refractivity contribution is 5.77. The molecule has 0 aromatic heterocycles. The molecule has 0 heterocycles. The van der Waals surface area contributed by atoms with Crippen molar-refractivity contribution in [1.29, 1.82) is 0 Å². The van der Waals surface area contributed by atoms with Gasteiger partial charge in [-0.3, -0.25) is 9.59 Å². The summed E-state index contributed by atoms with van der Waals surface area (Å²) >= 11 is 0. The maximum atomic E-state index is 13.2. The minimum absolute atomic E-state index is 0.0729. The number of amides is 1. The molecule has 1 amide bonds. The van der Waals surface area contributed by atoms with Crippen molar-refractivity contribution in [3.8, 4) is 0 Å². The molecule has 3 unspecified atom stereocenters. The van der Waals surface area contributed by atoms with Crippen LogP contribution in [0.1, 0.15) is 297 Å². The zero-order chi connectivity index (χ0) is 45.2. The molecule has 0 spiro atoms. The Morgan fingerprint density at radius 1 is 0.452 bits per heavy atom. The molecule has 0 aliphatic rings. The molecule has 0 saturated heterocycles. The lowest BCUT2D eigenvalue weighted by atomic mass is 10.0. The Labute approximate surface area is 386 Å². The van der Waals surface area contributed by atoms with Gasteiger partial charge < -0.3 is 20.3 Å². The summed E-state index contributed by atoms with van der Waals surface area (Å²) in [5, 5.41) is 23.8. The largest absolute Gasteiger partial charge is 0.462 e. The quantitative estimate of drug-likeness (QED) is 0.0321. The van der Waals surface area contributed by atoms with Gasteiger partial charge >= 0.3 is 5.97 Å². The van der Waals surface area contributed by atoms with Gasteiger partial charge in [0.2, 0.25) is 5.91 Å². The van der Waals surface area contributed by atoms with Gasteiger partial charge in [0, 0.05) is 6.42 Å². The highest BCUT2D eigenvalue weighted by Gasteiger charge is 2.24. The van der Waals surface area contributed by atoms with Gasteiger partial charge in [0.25, 0.3) is 0 Å². The summed E-state index contributed by atoms with van der Waals surface area (Å²) in [6.45, 7) is 6.49. The van der Waals surface area contributed by atoms with E-state index in [1.165, 1.54) is 186 Å². The van der Waals surface area contributed by atoms with Crippen molar-refractivity contribution in [3.63, 3.8) is 0 Å². The summed E-state index contributed by atoms with van der Waals surface area (Å²) in [6, 6.07) is -0.702. The Hall–Kier alpha value is -1.66. The zero-order valence-corrected chi connectivity index (χ0v) is 41.8. The molecule has 0 aliphatic carbocycles. The van der Waals surface area contributed by atoms with Crippen LogP contribution in [0.3, 0.4) is 0 Å². The molecule has 0 bridgehead atoms. The van der Waals surface area contributed by atoms with Crippen molar-refractivity contribution >= 4 is 11.9 Å². The number of allylic oxidation sites excluding steroid dienone is 4. The topological polar surface area (TPSA) is 95.9 Å². The number of aliphatic hydroxyl groups excluding tert-OH is 2. The summed E-state index contributed by atoms with van der Waals surface area (Å²) in [4.78, 5) is 26.2. The number of rotatable bonds is 50. The van der Waals surface area contributed by atoms with Gasteiger partial charge in [-0.25, -0.2) is 0 Å². The number of ether oxygens (including phenoxy) is 1. The minimum atomic E-state index is -0.788. The molecule has 6 nitrogen and oxygen atoms in total. The Morgan fingerprint density at radius 2 is 0.774 bits per heavy atom. The van der Waals surface area contributed by atoms with E-state index in [0.29, 0.717) is 19.3 Å². The van der Waals surface area contributed by atoms with Gasteiger partial charge in [-0.1, -0.05) is 231 Å². The number of esters is 1. The molecule has 62 heavy (non-hydrogen) atoms. The molecular weight excluding hydrogens is 767 g/mol. The standard InChI is InChI=1S/C56H107NO5/c1-4-7-10-13-16-19-22-25-27-29-31-34-37-40-43-46-49-56(61)62-52(47-44-41-38-35-32-30-28-26-23-20-17-14-11-8-5-2)50-55(60)57-53(51-58)54(59)48-45-42-39-36-33-24-21-18-15-12-9-6-3/h26-29,52-54,58-59H,4-25,30-51H2,1-3H3,(H,57,60)/b28-26+,29-27+. The monoisotopic (exact) mass is 874 g/mol. The van der Waals surface area contributed by atoms with Crippen LogP contribution < -0.4 is 5.32 Å². The number of aliphatic hydroxyl groups is 2. The average Bonchev–Trinajstić information content (AvgIpc) is 3.26. The van der Waals surface area contributed by atoms with E-state index >= 15 is 0 Å². The van der Waals surface area contributed by atoms with E-state index in [-0.39, 0.29) is 24.9 Å². The summed E-state index contributed by atoms with van der Waals surface area (Å²) in [5.74, 6) is -0.477. The van der Waals surface area contributed by atoms with E-state index in [9.17, 15) is 19.8 Å². The fourth-order valence-electron chi connectivity index (χ4n) is 8.54. The second-order valence-electron chi connectivity index (χ2n) is 19.0. The fraction of sp³-hybridized carbons (Fsp3) is 0.893. The van der Waals surface area contributed by atoms with Crippen LogP contribution in [0.25, 0.3) is 0 Å². The molecule has 3 N–H and O–H groups in total. The van der Waals surface area contributed by atoms with Crippen LogP contribution in [0.5, 0.6) is 0 Å². The van der Waals surface area contributed by atoms with Crippen molar-refractivity contribution in [2.75, 3.05) is 6.61 Å². The zero-order valence-electron chi connectivity index (χ0n) is 41.8. The molecule has 0 aliphatic heterocycles. The van der Waals surface area contributed by atoms with Crippen molar-refractivity contribution in [2.45, 2.75) is 315 Å². The van der Waals surface area contributed by atoms with Crippen molar-refractivity contribution in [3.05, 3.63) is 24.3 Å². The fourth-order valence-corrected chi connectivity index (χ4v) is 8.54. The molecule has 366 valence electrons. The first-order valence-electron chi connectivity index (χ1n) is 27.6. The van der Waals surface area contributed by atoms with E-state index in [2.05, 4.69) is 50.4 Å². The van der Waals surface area contributed by atoms with E-state index in [0.717, 1.165) is 64.2 Å². The van der Waals surface area contributed by atoms with E-state index < -0.39 is 18.2 Å². The molecule has 0 saturated carbocycles. The van der Waals surface area contributed by atoms with Crippen LogP contribution >= 0.6 is 0 Å². The van der Waals surface area contributed by atoms with Crippen molar-refractivity contribution in [2.24, 2.45) is 0 Å². The Kier molecular flexibility index (Phi) is 49.0. The number of carbonyl (C=O) groups is 2. The maximum Gasteiger partial charge on any atom is 0.306 e. The summed E-state index contributed by atoms with van der Waals surface area (Å²) in [6.07, 6.45) is 58.1. The highest BCUT2D eigenvalue weighted by atomic mass is 16.5. The first kappa shape index (κ1) is 60.3. The van der Waals surface area contributed by atoms with Crippen LogP contribution in [0.4, 0.5) is 0 Å². The molecule has 3 atom stereocenters. The second kappa shape index (κ2) is 50.3. The first-order chi connectivity index (χ1) is 30.5. The number of hydrogen-bond acceptors (Lipinski definition) is 5. The Balaban J connectivity index is 4.57. The maximum absolute atomic E-state index is 13.2. The van der Waals surface area contributed by atoms with E-state index in [1.54, 1.807) is 0 Å². The van der Waals surface area contributed by atoms with Gasteiger partial charge in [0.1, 0.15) is 6.10 Å². The third kappa shape index (κ3) is 44.9.